The van der Waals surface area contributed by atoms with Crippen molar-refractivity contribution in [3.8, 4) is 22.9 Å². The lowest BCUT2D eigenvalue weighted by Gasteiger charge is -2.10. The van der Waals surface area contributed by atoms with Gasteiger partial charge >= 0.3 is 5.69 Å². The van der Waals surface area contributed by atoms with E-state index in [0.29, 0.717) is 22.6 Å². The van der Waals surface area contributed by atoms with Crippen LogP contribution >= 0.6 is 11.6 Å². The first-order valence-electron chi connectivity index (χ1n) is 9.67. The molecule has 3 aromatic carbocycles. The van der Waals surface area contributed by atoms with Gasteiger partial charge in [0.25, 0.3) is 0 Å². The molecule has 0 fully saturated rings. The highest BCUT2D eigenvalue weighted by molar-refractivity contribution is 6.33. The van der Waals surface area contributed by atoms with Crippen LogP contribution in [-0.4, -0.2) is 31.3 Å². The van der Waals surface area contributed by atoms with Gasteiger partial charge in [-0.2, -0.15) is 0 Å². The average molecular weight is 451 g/mol. The molecule has 3 N–H and O–H groups in total. The molecule has 0 atom stereocenters. The van der Waals surface area contributed by atoms with E-state index in [2.05, 4.69) is 15.0 Å². The molecule has 0 aliphatic rings. The highest BCUT2D eigenvalue weighted by Crippen LogP contribution is 2.40. The summed E-state index contributed by atoms with van der Waals surface area (Å²) >= 11 is 6.24. The number of nitrogens with zero attached hydrogens (tertiary/aromatic N) is 3. The Morgan fingerprint density at radius 1 is 1.12 bits per heavy atom. The minimum absolute atomic E-state index is 0.0211. The number of imidazole rings is 1. The lowest BCUT2D eigenvalue weighted by atomic mass is 10.0. The normalized spacial score (nSPS) is 11.5. The van der Waals surface area contributed by atoms with Crippen molar-refractivity contribution in [2.45, 2.75) is 20.8 Å². The summed E-state index contributed by atoms with van der Waals surface area (Å²) in [7, 11) is 0. The molecule has 0 amide bonds. The Hall–Kier alpha value is -3.91. The van der Waals surface area contributed by atoms with E-state index >= 15 is 0 Å². The molecule has 0 unspecified atom stereocenters. The number of phenolic OH excluding ortho intramolecular Hbond substituents is 2. The number of rotatable bonds is 4. The number of aliphatic imine (C=N–C) groups is 1. The number of phenols is 2. The number of aryl methyl sites for hydroxylation is 1. The van der Waals surface area contributed by atoms with E-state index in [1.807, 2.05) is 25.1 Å². The predicted octanol–water partition coefficient (Wildman–Crippen LogP) is 5.88. The third kappa shape index (κ3) is 3.65. The molecule has 0 radical (unpaired) electrons. The van der Waals surface area contributed by atoms with Crippen LogP contribution in [0.2, 0.25) is 5.02 Å². The molecule has 0 aliphatic heterocycles. The van der Waals surface area contributed by atoms with Crippen LogP contribution in [0.4, 0.5) is 11.4 Å². The standard InChI is InChI=1S/C23H19ClN4O4/c1-11-4-6-17-18(8-11)27-23(26-17)15-9-14(5-7-19(15)29)25-10-16-12(2)20(24)13(3)21(22(16)30)28(31)32/h4-10,29-30H,1-3H3,(H,26,27). The Kier molecular flexibility index (Phi) is 5.31. The Morgan fingerprint density at radius 3 is 2.59 bits per heavy atom. The van der Waals surface area contributed by atoms with Gasteiger partial charge in [-0.05, 0) is 62.2 Å². The van der Waals surface area contributed by atoms with Gasteiger partial charge in [-0.1, -0.05) is 17.7 Å². The van der Waals surface area contributed by atoms with Crippen LogP contribution in [0.3, 0.4) is 0 Å². The van der Waals surface area contributed by atoms with Gasteiger partial charge in [0.15, 0.2) is 0 Å². The van der Waals surface area contributed by atoms with Gasteiger partial charge < -0.3 is 15.2 Å². The minimum Gasteiger partial charge on any atom is -0.507 e. The van der Waals surface area contributed by atoms with E-state index in [1.165, 1.54) is 19.2 Å². The molecule has 162 valence electrons. The first-order chi connectivity index (χ1) is 15.2. The molecular weight excluding hydrogens is 432 g/mol. The van der Waals surface area contributed by atoms with Crippen molar-refractivity contribution in [1.29, 1.82) is 0 Å². The van der Waals surface area contributed by atoms with Crippen molar-refractivity contribution >= 4 is 40.2 Å². The molecule has 4 aromatic rings. The Balaban J connectivity index is 1.77. The molecular formula is C23H19ClN4O4. The average Bonchev–Trinajstić information content (AvgIpc) is 3.16. The zero-order valence-electron chi connectivity index (χ0n) is 17.5. The fourth-order valence-electron chi connectivity index (χ4n) is 3.55. The number of fused-ring (bicyclic) bond motifs is 1. The number of H-pyrrole nitrogens is 1. The van der Waals surface area contributed by atoms with E-state index in [-0.39, 0.29) is 21.9 Å². The molecule has 8 nitrogen and oxygen atoms in total. The van der Waals surface area contributed by atoms with Crippen LogP contribution in [0.15, 0.2) is 41.4 Å². The topological polar surface area (TPSA) is 125 Å². The van der Waals surface area contributed by atoms with Gasteiger partial charge in [-0.25, -0.2) is 4.98 Å². The van der Waals surface area contributed by atoms with E-state index in [4.69, 9.17) is 11.6 Å². The van der Waals surface area contributed by atoms with E-state index < -0.39 is 16.4 Å². The fourth-order valence-corrected chi connectivity index (χ4v) is 3.74. The summed E-state index contributed by atoms with van der Waals surface area (Å²) in [6.45, 7) is 5.11. The monoisotopic (exact) mass is 450 g/mol. The van der Waals surface area contributed by atoms with Gasteiger partial charge in [0.05, 0.1) is 32.2 Å². The second-order valence-electron chi connectivity index (χ2n) is 7.50. The first-order valence-corrected chi connectivity index (χ1v) is 10.0. The van der Waals surface area contributed by atoms with Crippen LogP contribution < -0.4 is 0 Å². The van der Waals surface area contributed by atoms with Crippen molar-refractivity contribution in [2.24, 2.45) is 4.99 Å². The molecule has 4 rings (SSSR count). The van der Waals surface area contributed by atoms with E-state index in [1.54, 1.807) is 19.1 Å². The molecule has 1 heterocycles. The minimum atomic E-state index is -0.671. The second-order valence-corrected chi connectivity index (χ2v) is 7.88. The highest BCUT2D eigenvalue weighted by Gasteiger charge is 2.25. The number of nitrogens with one attached hydrogen (secondary N) is 1. The maximum Gasteiger partial charge on any atom is 0.315 e. The third-order valence-corrected chi connectivity index (χ3v) is 5.86. The molecule has 0 spiro atoms. The lowest BCUT2D eigenvalue weighted by Crippen LogP contribution is -2.00. The number of aromatic hydroxyl groups is 2. The zero-order valence-corrected chi connectivity index (χ0v) is 18.2. The highest BCUT2D eigenvalue weighted by atomic mass is 35.5. The fraction of sp³-hybridized carbons (Fsp3) is 0.130. The number of hydrogen-bond donors (Lipinski definition) is 3. The summed E-state index contributed by atoms with van der Waals surface area (Å²) in [5.74, 6) is 0.00535. The van der Waals surface area contributed by atoms with Gasteiger partial charge in [0.2, 0.25) is 5.75 Å². The predicted molar refractivity (Wildman–Crippen MR) is 124 cm³/mol. The lowest BCUT2D eigenvalue weighted by molar-refractivity contribution is -0.386. The van der Waals surface area contributed by atoms with Crippen LogP contribution in [-0.2, 0) is 0 Å². The van der Waals surface area contributed by atoms with Crippen molar-refractivity contribution in [3.63, 3.8) is 0 Å². The SMILES string of the molecule is Cc1ccc2nc(-c3cc(N=Cc4c(C)c(Cl)c(C)c([N+](=O)[O-])c4O)ccc3O)[nH]c2c1. The van der Waals surface area contributed by atoms with Crippen molar-refractivity contribution in [2.75, 3.05) is 0 Å². The first kappa shape index (κ1) is 21.3. The third-order valence-electron chi connectivity index (χ3n) is 5.30. The number of nitro groups is 1. The number of halogens is 1. The summed E-state index contributed by atoms with van der Waals surface area (Å²) in [5, 5.41) is 32.4. The molecule has 0 aliphatic carbocycles. The van der Waals surface area contributed by atoms with E-state index in [9.17, 15) is 20.3 Å². The summed E-state index contributed by atoms with van der Waals surface area (Å²) in [5.41, 5.74) is 3.95. The Bertz CT molecular complexity index is 1430. The Labute approximate surface area is 188 Å². The molecule has 0 saturated carbocycles. The summed E-state index contributed by atoms with van der Waals surface area (Å²) in [6.07, 6.45) is 1.32. The number of aromatic nitrogens is 2. The molecule has 1 aromatic heterocycles. The maximum atomic E-state index is 11.4. The molecule has 9 heteroatoms. The van der Waals surface area contributed by atoms with Crippen LogP contribution in [0.5, 0.6) is 11.5 Å². The Morgan fingerprint density at radius 2 is 1.88 bits per heavy atom. The van der Waals surface area contributed by atoms with E-state index in [0.717, 1.165) is 16.6 Å². The summed E-state index contributed by atoms with van der Waals surface area (Å²) in [6, 6.07) is 10.5. The van der Waals surface area contributed by atoms with Crippen LogP contribution in [0.25, 0.3) is 22.4 Å². The van der Waals surface area contributed by atoms with Crippen molar-refractivity contribution < 1.29 is 15.1 Å². The smallest absolute Gasteiger partial charge is 0.315 e. The van der Waals surface area contributed by atoms with Gasteiger partial charge in [-0.15, -0.1) is 0 Å². The number of aromatic amines is 1. The van der Waals surface area contributed by atoms with Crippen molar-refractivity contribution in [1.82, 2.24) is 9.97 Å². The van der Waals surface area contributed by atoms with Gasteiger partial charge in [0, 0.05) is 17.3 Å². The quantitative estimate of drug-likeness (QED) is 0.203. The van der Waals surface area contributed by atoms with Gasteiger partial charge in [0.1, 0.15) is 11.6 Å². The largest absolute Gasteiger partial charge is 0.507 e. The maximum absolute atomic E-state index is 11.4. The van der Waals surface area contributed by atoms with Crippen LogP contribution in [0.1, 0.15) is 22.3 Å². The second kappa shape index (κ2) is 7.97. The number of nitro benzene ring substituents is 1. The molecule has 0 saturated heterocycles. The summed E-state index contributed by atoms with van der Waals surface area (Å²) in [4.78, 5) is 22.8. The summed E-state index contributed by atoms with van der Waals surface area (Å²) < 4.78 is 0. The molecule has 32 heavy (non-hydrogen) atoms. The zero-order chi connectivity index (χ0) is 23.2. The molecule has 0 bridgehead atoms. The van der Waals surface area contributed by atoms with Crippen LogP contribution in [0, 0.1) is 30.9 Å². The van der Waals surface area contributed by atoms with Crippen molar-refractivity contribution in [3.05, 3.63) is 73.8 Å². The number of benzene rings is 3. The van der Waals surface area contributed by atoms with Gasteiger partial charge in [-0.3, -0.25) is 15.1 Å². The number of hydrogen-bond acceptors (Lipinski definition) is 6.